The van der Waals surface area contributed by atoms with Crippen molar-refractivity contribution in [3.8, 4) is 0 Å². The molecule has 0 amide bonds. The smallest absolute Gasteiger partial charge is 0.281 e. The molecule has 3 nitrogen and oxygen atoms in total. The molecule has 5 heteroatoms. The van der Waals surface area contributed by atoms with Gasteiger partial charge in [-0.25, -0.2) is 0 Å². The zero-order chi connectivity index (χ0) is 16.0. The van der Waals surface area contributed by atoms with Gasteiger partial charge in [0.2, 0.25) is 0 Å². The summed E-state index contributed by atoms with van der Waals surface area (Å²) in [6.45, 7) is 2.25. The van der Waals surface area contributed by atoms with Gasteiger partial charge in [0.1, 0.15) is 0 Å². The van der Waals surface area contributed by atoms with Crippen LogP contribution in [0.25, 0.3) is 0 Å². The molecule has 1 N–H and O–H groups in total. The van der Waals surface area contributed by atoms with Crippen LogP contribution in [0.4, 0.5) is 0 Å². The van der Waals surface area contributed by atoms with Gasteiger partial charge in [-0.15, -0.1) is 11.6 Å². The van der Waals surface area contributed by atoms with Gasteiger partial charge >= 0.3 is 0 Å². The quantitative estimate of drug-likeness (QED) is 0.228. The van der Waals surface area contributed by atoms with E-state index < -0.39 is 14.8 Å². The lowest BCUT2D eigenvalue weighted by Gasteiger charge is -2.06. The molecule has 0 bridgehead atoms. The first-order valence-corrected chi connectivity index (χ1v) is 10.5. The van der Waals surface area contributed by atoms with Crippen LogP contribution < -0.4 is 0 Å². The molecule has 0 aliphatic carbocycles. The third-order valence-electron chi connectivity index (χ3n) is 3.86. The molecule has 21 heavy (non-hydrogen) atoms. The second-order valence-electron chi connectivity index (χ2n) is 5.96. The van der Waals surface area contributed by atoms with Crippen molar-refractivity contribution in [2.45, 2.75) is 102 Å². The summed E-state index contributed by atoms with van der Waals surface area (Å²) >= 11 is 5.56. The van der Waals surface area contributed by atoms with E-state index >= 15 is 0 Å². The van der Waals surface area contributed by atoms with E-state index in [1.165, 1.54) is 64.2 Å². The van der Waals surface area contributed by atoms with E-state index in [9.17, 15) is 8.42 Å². The van der Waals surface area contributed by atoms with Gasteiger partial charge in [0.15, 0.2) is 4.71 Å². The van der Waals surface area contributed by atoms with Crippen LogP contribution in [0.3, 0.4) is 0 Å². The number of hydrogen-bond acceptors (Lipinski definition) is 2. The lowest BCUT2D eigenvalue weighted by Crippen LogP contribution is -2.13. The number of halogens is 1. The fourth-order valence-electron chi connectivity index (χ4n) is 2.47. The molecule has 0 saturated carbocycles. The minimum atomic E-state index is -4.05. The molecule has 0 heterocycles. The van der Waals surface area contributed by atoms with Gasteiger partial charge in [0, 0.05) is 0 Å². The Labute approximate surface area is 136 Å². The maximum absolute atomic E-state index is 10.7. The van der Waals surface area contributed by atoms with Crippen LogP contribution in [-0.4, -0.2) is 17.7 Å². The van der Waals surface area contributed by atoms with Crippen LogP contribution in [0.2, 0.25) is 0 Å². The maximum atomic E-state index is 10.7. The Morgan fingerprint density at radius 1 is 0.762 bits per heavy atom. The zero-order valence-corrected chi connectivity index (χ0v) is 15.1. The largest absolute Gasteiger partial charge is 0.284 e. The molecular weight excluding hydrogens is 308 g/mol. The van der Waals surface area contributed by atoms with Crippen LogP contribution in [0.5, 0.6) is 0 Å². The third kappa shape index (κ3) is 14.9. The molecule has 0 rings (SSSR count). The van der Waals surface area contributed by atoms with Crippen LogP contribution >= 0.6 is 11.6 Å². The highest BCUT2D eigenvalue weighted by Crippen LogP contribution is 2.16. The molecule has 0 radical (unpaired) electrons. The summed E-state index contributed by atoms with van der Waals surface area (Å²) in [5.74, 6) is 0. The minimum absolute atomic E-state index is 0.345. The first kappa shape index (κ1) is 21.2. The molecule has 128 valence electrons. The van der Waals surface area contributed by atoms with E-state index in [-0.39, 0.29) is 0 Å². The second kappa shape index (κ2) is 13.8. The standard InChI is InChI=1S/C16H33ClO3S/c1-2-3-4-5-6-7-8-9-10-11-12-13-14-15-16(17)21(18,19)20/h16H,2-15H2,1H3,(H,18,19,20). The van der Waals surface area contributed by atoms with E-state index in [0.29, 0.717) is 6.42 Å². The van der Waals surface area contributed by atoms with Crippen LogP contribution in [0.15, 0.2) is 0 Å². The fourth-order valence-corrected chi connectivity index (χ4v) is 3.09. The first-order chi connectivity index (χ1) is 9.98. The topological polar surface area (TPSA) is 54.4 Å². The fraction of sp³-hybridized carbons (Fsp3) is 1.00. The summed E-state index contributed by atoms with van der Waals surface area (Å²) in [7, 11) is -4.05. The van der Waals surface area contributed by atoms with Crippen LogP contribution in [0, 0.1) is 0 Å². The number of unbranched alkanes of at least 4 members (excludes halogenated alkanes) is 12. The number of hydrogen-bond donors (Lipinski definition) is 1. The van der Waals surface area contributed by atoms with Gasteiger partial charge in [0.05, 0.1) is 0 Å². The molecule has 0 aromatic carbocycles. The molecule has 0 aliphatic rings. The Balaban J connectivity index is 3.16. The Kier molecular flexibility index (Phi) is 14.0. The second-order valence-corrected chi connectivity index (χ2v) is 8.34. The van der Waals surface area contributed by atoms with Crippen molar-refractivity contribution in [3.63, 3.8) is 0 Å². The van der Waals surface area contributed by atoms with Gasteiger partial charge in [-0.3, -0.25) is 4.55 Å². The SMILES string of the molecule is CCCCCCCCCCCCCCCC(Cl)S(=O)(=O)O. The minimum Gasteiger partial charge on any atom is -0.284 e. The van der Waals surface area contributed by atoms with Crippen molar-refractivity contribution >= 4 is 21.7 Å². The van der Waals surface area contributed by atoms with Crippen molar-refractivity contribution in [1.82, 2.24) is 0 Å². The highest BCUT2D eigenvalue weighted by Gasteiger charge is 2.18. The molecule has 1 unspecified atom stereocenters. The van der Waals surface area contributed by atoms with Gasteiger partial charge < -0.3 is 0 Å². The van der Waals surface area contributed by atoms with Gasteiger partial charge in [-0.1, -0.05) is 90.4 Å². The van der Waals surface area contributed by atoms with Crippen molar-refractivity contribution < 1.29 is 13.0 Å². The summed E-state index contributed by atoms with van der Waals surface area (Å²) < 4.78 is 29.0. The average molecular weight is 341 g/mol. The molecule has 0 saturated heterocycles. The summed E-state index contributed by atoms with van der Waals surface area (Å²) in [5.41, 5.74) is 0. The van der Waals surface area contributed by atoms with E-state index in [1.807, 2.05) is 0 Å². The molecule has 0 aliphatic heterocycles. The summed E-state index contributed by atoms with van der Waals surface area (Å²) in [6.07, 6.45) is 16.6. The van der Waals surface area contributed by atoms with Crippen molar-refractivity contribution in [2.24, 2.45) is 0 Å². The summed E-state index contributed by atoms with van der Waals surface area (Å²) in [6, 6.07) is 0. The highest BCUT2D eigenvalue weighted by atomic mass is 35.5. The van der Waals surface area contributed by atoms with Crippen molar-refractivity contribution in [1.29, 1.82) is 0 Å². The van der Waals surface area contributed by atoms with E-state index in [4.69, 9.17) is 16.2 Å². The van der Waals surface area contributed by atoms with Crippen molar-refractivity contribution in [3.05, 3.63) is 0 Å². The summed E-state index contributed by atoms with van der Waals surface area (Å²) in [4.78, 5) is 0. The van der Waals surface area contributed by atoms with E-state index in [0.717, 1.165) is 19.3 Å². The van der Waals surface area contributed by atoms with Crippen LogP contribution in [-0.2, 0) is 10.1 Å². The summed E-state index contributed by atoms with van der Waals surface area (Å²) in [5, 5.41) is 0. The highest BCUT2D eigenvalue weighted by molar-refractivity contribution is 7.87. The van der Waals surface area contributed by atoms with Gasteiger partial charge in [-0.05, 0) is 6.42 Å². The number of rotatable bonds is 15. The first-order valence-electron chi connectivity index (χ1n) is 8.59. The monoisotopic (exact) mass is 340 g/mol. The molecular formula is C16H33ClO3S. The molecule has 0 fully saturated rings. The normalized spacial score (nSPS) is 13.5. The molecule has 0 aromatic heterocycles. The lowest BCUT2D eigenvalue weighted by atomic mass is 10.0. The Morgan fingerprint density at radius 2 is 1.10 bits per heavy atom. The van der Waals surface area contributed by atoms with E-state index in [2.05, 4.69) is 6.92 Å². The lowest BCUT2D eigenvalue weighted by molar-refractivity contribution is 0.472. The zero-order valence-electron chi connectivity index (χ0n) is 13.5. The Hall–Kier alpha value is 0.200. The van der Waals surface area contributed by atoms with Gasteiger partial charge in [0.25, 0.3) is 10.1 Å². The Bertz CT molecular complexity index is 317. The van der Waals surface area contributed by atoms with Gasteiger partial charge in [-0.2, -0.15) is 8.42 Å². The molecule has 0 spiro atoms. The number of alkyl halides is 1. The molecule has 1 atom stereocenters. The Morgan fingerprint density at radius 3 is 1.43 bits per heavy atom. The molecule has 0 aromatic rings. The van der Waals surface area contributed by atoms with E-state index in [1.54, 1.807) is 0 Å². The predicted molar refractivity (Wildman–Crippen MR) is 91.5 cm³/mol. The maximum Gasteiger partial charge on any atom is 0.281 e. The van der Waals surface area contributed by atoms with Crippen molar-refractivity contribution in [2.75, 3.05) is 0 Å². The third-order valence-corrected chi connectivity index (χ3v) is 5.63. The predicted octanol–water partition coefficient (Wildman–Crippen LogP) is 5.92. The van der Waals surface area contributed by atoms with Crippen LogP contribution in [0.1, 0.15) is 96.8 Å². The average Bonchev–Trinajstić information content (AvgIpc) is 2.42.